The summed E-state index contributed by atoms with van der Waals surface area (Å²) in [5.74, 6) is -2.79. The average molecular weight is 333 g/mol. The highest BCUT2D eigenvalue weighted by atomic mass is 79.9. The van der Waals surface area contributed by atoms with Crippen molar-refractivity contribution < 1.29 is 18.3 Å². The number of halogens is 3. The summed E-state index contributed by atoms with van der Waals surface area (Å²) in [4.78, 5) is 12.4. The summed E-state index contributed by atoms with van der Waals surface area (Å²) in [5, 5.41) is 0. The topological polar surface area (TPSA) is 26.3 Å². The van der Waals surface area contributed by atoms with Gasteiger partial charge in [0, 0.05) is 0 Å². The van der Waals surface area contributed by atoms with Crippen molar-refractivity contribution in [3.05, 3.63) is 33.8 Å². The van der Waals surface area contributed by atoms with Gasteiger partial charge in [-0.2, -0.15) is 0 Å². The normalized spacial score (nSPS) is 30.6. The number of carbonyl (C=O) groups excluding carboxylic acids is 1. The van der Waals surface area contributed by atoms with Crippen LogP contribution in [-0.2, 0) is 4.74 Å². The number of Topliss-reactive ketones (excluding diaryl/α,β-unsaturated/α-hetero) is 1. The van der Waals surface area contributed by atoms with Gasteiger partial charge >= 0.3 is 0 Å². The van der Waals surface area contributed by atoms with Crippen molar-refractivity contribution in [2.24, 2.45) is 11.8 Å². The molecule has 5 heteroatoms. The van der Waals surface area contributed by atoms with E-state index in [9.17, 15) is 13.6 Å². The molecule has 4 atom stereocenters. The van der Waals surface area contributed by atoms with Gasteiger partial charge in [0.15, 0.2) is 11.6 Å². The van der Waals surface area contributed by atoms with E-state index in [1.54, 1.807) is 6.92 Å². The Kier molecular flexibility index (Phi) is 4.06. The molecule has 4 unspecified atom stereocenters. The highest BCUT2D eigenvalue weighted by Gasteiger charge is 2.43. The number of ether oxygens (including phenoxy) is 1. The fourth-order valence-corrected chi connectivity index (χ4v) is 2.97. The second kappa shape index (κ2) is 5.29. The zero-order chi connectivity index (χ0) is 14.3. The lowest BCUT2D eigenvalue weighted by molar-refractivity contribution is 0.0489. The van der Waals surface area contributed by atoms with Crippen molar-refractivity contribution in [3.63, 3.8) is 0 Å². The summed E-state index contributed by atoms with van der Waals surface area (Å²) in [7, 11) is 0. The lowest BCUT2D eigenvalue weighted by Crippen LogP contribution is -2.28. The second-order valence-electron chi connectivity index (χ2n) is 5.01. The van der Waals surface area contributed by atoms with E-state index in [0.717, 1.165) is 6.07 Å². The Bertz CT molecular complexity index is 518. The van der Waals surface area contributed by atoms with E-state index in [2.05, 4.69) is 15.9 Å². The SMILES string of the molecule is CC1OC(C)C(C(=O)c2c(F)ccc(Br)c2F)C1C. The molecule has 0 spiro atoms. The van der Waals surface area contributed by atoms with Gasteiger partial charge in [0.2, 0.25) is 0 Å². The number of hydrogen-bond donors (Lipinski definition) is 0. The van der Waals surface area contributed by atoms with Crippen LogP contribution in [0.3, 0.4) is 0 Å². The minimum atomic E-state index is -0.844. The van der Waals surface area contributed by atoms with Gasteiger partial charge in [0.25, 0.3) is 0 Å². The average Bonchev–Trinajstić information content (AvgIpc) is 2.58. The minimum Gasteiger partial charge on any atom is -0.374 e. The highest BCUT2D eigenvalue weighted by molar-refractivity contribution is 9.10. The van der Waals surface area contributed by atoms with Crippen molar-refractivity contribution >= 4 is 21.7 Å². The third-order valence-electron chi connectivity index (χ3n) is 3.84. The molecule has 0 N–H and O–H groups in total. The van der Waals surface area contributed by atoms with E-state index in [4.69, 9.17) is 4.74 Å². The fourth-order valence-electron chi connectivity index (χ4n) is 2.64. The molecule has 0 bridgehead atoms. The van der Waals surface area contributed by atoms with Gasteiger partial charge in [-0.3, -0.25) is 4.79 Å². The molecule has 1 fully saturated rings. The van der Waals surface area contributed by atoms with E-state index in [1.807, 2.05) is 13.8 Å². The Labute approximate surface area is 119 Å². The second-order valence-corrected chi connectivity index (χ2v) is 5.87. The summed E-state index contributed by atoms with van der Waals surface area (Å²) in [5.41, 5.74) is -0.476. The van der Waals surface area contributed by atoms with Crippen LogP contribution in [0, 0.1) is 23.5 Å². The molecule has 104 valence electrons. The van der Waals surface area contributed by atoms with E-state index in [0.29, 0.717) is 0 Å². The zero-order valence-corrected chi connectivity index (χ0v) is 12.5. The molecule has 1 heterocycles. The van der Waals surface area contributed by atoms with Crippen LogP contribution in [-0.4, -0.2) is 18.0 Å². The van der Waals surface area contributed by atoms with Crippen LogP contribution in [0.25, 0.3) is 0 Å². The van der Waals surface area contributed by atoms with E-state index >= 15 is 0 Å². The smallest absolute Gasteiger partial charge is 0.174 e. The van der Waals surface area contributed by atoms with Gasteiger partial charge < -0.3 is 4.74 Å². The molecule has 1 saturated heterocycles. The molecule has 0 aliphatic carbocycles. The van der Waals surface area contributed by atoms with Crippen LogP contribution in [0.5, 0.6) is 0 Å². The van der Waals surface area contributed by atoms with Crippen molar-refractivity contribution in [1.29, 1.82) is 0 Å². The Hall–Kier alpha value is -0.810. The first-order chi connectivity index (χ1) is 8.84. The Balaban J connectivity index is 2.43. The van der Waals surface area contributed by atoms with Crippen LogP contribution >= 0.6 is 15.9 Å². The Morgan fingerprint density at radius 1 is 1.21 bits per heavy atom. The van der Waals surface area contributed by atoms with Crippen LogP contribution in [0.1, 0.15) is 31.1 Å². The van der Waals surface area contributed by atoms with Gasteiger partial charge in [0.1, 0.15) is 5.82 Å². The highest BCUT2D eigenvalue weighted by Crippen LogP contribution is 2.36. The maximum atomic E-state index is 14.0. The molecule has 1 aromatic carbocycles. The molecule has 19 heavy (non-hydrogen) atoms. The van der Waals surface area contributed by atoms with Crippen molar-refractivity contribution in [1.82, 2.24) is 0 Å². The predicted octanol–water partition coefficient (Wildman–Crippen LogP) is 3.97. The van der Waals surface area contributed by atoms with E-state index < -0.39 is 28.9 Å². The van der Waals surface area contributed by atoms with E-state index in [1.165, 1.54) is 6.07 Å². The fraction of sp³-hybridized carbons (Fsp3) is 0.500. The zero-order valence-electron chi connectivity index (χ0n) is 10.9. The third kappa shape index (κ3) is 2.46. The molecule has 1 aliphatic rings. The Morgan fingerprint density at radius 3 is 2.37 bits per heavy atom. The van der Waals surface area contributed by atoms with Gasteiger partial charge in [-0.1, -0.05) is 6.92 Å². The minimum absolute atomic E-state index is 0.0692. The van der Waals surface area contributed by atoms with Gasteiger partial charge in [-0.05, 0) is 47.8 Å². The monoisotopic (exact) mass is 332 g/mol. The number of ketones is 1. The summed E-state index contributed by atoms with van der Waals surface area (Å²) in [6.45, 7) is 5.49. The number of hydrogen-bond acceptors (Lipinski definition) is 2. The molecule has 0 radical (unpaired) electrons. The summed E-state index contributed by atoms with van der Waals surface area (Å²) >= 11 is 2.97. The molecule has 0 amide bonds. The predicted molar refractivity (Wildman–Crippen MR) is 71.1 cm³/mol. The molecule has 2 nitrogen and oxygen atoms in total. The first-order valence-electron chi connectivity index (χ1n) is 6.17. The largest absolute Gasteiger partial charge is 0.374 e. The standard InChI is InChI=1S/C14H15BrF2O2/c1-6-7(2)19-8(3)11(6)14(18)12-10(16)5-4-9(15)13(12)17/h4-8,11H,1-3H3. The lowest BCUT2D eigenvalue weighted by atomic mass is 9.83. The van der Waals surface area contributed by atoms with Crippen LogP contribution in [0.4, 0.5) is 8.78 Å². The number of carbonyl (C=O) groups is 1. The van der Waals surface area contributed by atoms with Gasteiger partial charge in [-0.25, -0.2) is 8.78 Å². The van der Waals surface area contributed by atoms with Crippen LogP contribution < -0.4 is 0 Å². The maximum Gasteiger partial charge on any atom is 0.174 e. The van der Waals surface area contributed by atoms with Crippen molar-refractivity contribution in [2.45, 2.75) is 33.0 Å². The molecule has 2 rings (SSSR count). The summed E-state index contributed by atoms with van der Waals surface area (Å²) in [6, 6.07) is 2.34. The lowest BCUT2D eigenvalue weighted by Gasteiger charge is -2.18. The summed E-state index contributed by atoms with van der Waals surface area (Å²) in [6.07, 6.45) is -0.433. The molecule has 0 saturated carbocycles. The van der Waals surface area contributed by atoms with E-state index in [-0.39, 0.29) is 22.6 Å². The van der Waals surface area contributed by atoms with Crippen LogP contribution in [0.15, 0.2) is 16.6 Å². The number of rotatable bonds is 2. The Morgan fingerprint density at radius 2 is 1.84 bits per heavy atom. The van der Waals surface area contributed by atoms with Crippen LogP contribution in [0.2, 0.25) is 0 Å². The molecule has 0 aromatic heterocycles. The first-order valence-corrected chi connectivity index (χ1v) is 6.97. The maximum absolute atomic E-state index is 14.0. The summed E-state index contributed by atoms with van der Waals surface area (Å²) < 4.78 is 33.4. The van der Waals surface area contributed by atoms with Gasteiger partial charge in [0.05, 0.1) is 28.2 Å². The number of benzene rings is 1. The van der Waals surface area contributed by atoms with Crippen molar-refractivity contribution in [3.8, 4) is 0 Å². The molecular formula is C14H15BrF2O2. The van der Waals surface area contributed by atoms with Crippen molar-refractivity contribution in [2.75, 3.05) is 0 Å². The third-order valence-corrected chi connectivity index (χ3v) is 4.45. The quantitative estimate of drug-likeness (QED) is 0.605. The molecular weight excluding hydrogens is 318 g/mol. The molecule has 1 aromatic rings. The molecule has 1 aliphatic heterocycles. The van der Waals surface area contributed by atoms with Gasteiger partial charge in [-0.15, -0.1) is 0 Å². The first kappa shape index (κ1) is 14.6.